The Balaban J connectivity index is 2.89. The van der Waals surface area contributed by atoms with Crippen molar-refractivity contribution in [2.45, 2.75) is 33.0 Å². The number of amides is 1. The van der Waals surface area contributed by atoms with E-state index in [1.807, 2.05) is 0 Å². The summed E-state index contributed by atoms with van der Waals surface area (Å²) in [6, 6.07) is 3.10. The molecule has 0 radical (unpaired) electrons. The Bertz CT molecular complexity index is 455. The average molecular weight is 292 g/mol. The SMILES string of the molecule is CC(C)(C)OC(=O)Nc1ccc(Cl)c(CO)c1Cl. The molecule has 0 spiro atoms. The van der Waals surface area contributed by atoms with E-state index in [1.54, 1.807) is 32.9 Å². The number of aliphatic hydroxyl groups is 1. The van der Waals surface area contributed by atoms with Crippen LogP contribution in [0, 0.1) is 0 Å². The maximum absolute atomic E-state index is 11.6. The van der Waals surface area contributed by atoms with Crippen molar-refractivity contribution in [3.05, 3.63) is 27.7 Å². The van der Waals surface area contributed by atoms with Gasteiger partial charge in [0.25, 0.3) is 0 Å². The van der Waals surface area contributed by atoms with Crippen LogP contribution >= 0.6 is 23.2 Å². The molecule has 100 valence electrons. The summed E-state index contributed by atoms with van der Waals surface area (Å²) >= 11 is 11.9. The minimum absolute atomic E-state index is 0.204. The second kappa shape index (κ2) is 5.78. The first-order valence-electron chi connectivity index (χ1n) is 5.32. The Morgan fingerprint density at radius 1 is 1.39 bits per heavy atom. The first-order chi connectivity index (χ1) is 8.24. The molecule has 0 aliphatic heterocycles. The van der Waals surface area contributed by atoms with Crippen molar-refractivity contribution in [1.82, 2.24) is 0 Å². The third-order valence-electron chi connectivity index (χ3n) is 1.98. The first-order valence-corrected chi connectivity index (χ1v) is 6.08. The summed E-state index contributed by atoms with van der Waals surface area (Å²) in [5, 5.41) is 12.2. The third-order valence-corrected chi connectivity index (χ3v) is 2.77. The molecule has 4 nitrogen and oxygen atoms in total. The van der Waals surface area contributed by atoms with E-state index in [-0.39, 0.29) is 11.6 Å². The molecular formula is C12H15Cl2NO3. The fourth-order valence-electron chi connectivity index (χ4n) is 1.25. The zero-order valence-electron chi connectivity index (χ0n) is 10.4. The van der Waals surface area contributed by atoms with Gasteiger partial charge < -0.3 is 9.84 Å². The third kappa shape index (κ3) is 4.05. The highest BCUT2D eigenvalue weighted by molar-refractivity contribution is 6.38. The predicted molar refractivity (Wildman–Crippen MR) is 72.2 cm³/mol. The van der Waals surface area contributed by atoms with Gasteiger partial charge in [0.1, 0.15) is 5.60 Å². The van der Waals surface area contributed by atoms with Crippen molar-refractivity contribution in [2.24, 2.45) is 0 Å². The fraction of sp³-hybridized carbons (Fsp3) is 0.417. The van der Waals surface area contributed by atoms with Gasteiger partial charge in [0.05, 0.1) is 17.3 Å². The standard InChI is InChI=1S/C12H15Cl2NO3/c1-12(2,3)18-11(17)15-9-5-4-8(13)7(6-16)10(9)14/h4-5,16H,6H2,1-3H3,(H,15,17). The number of aliphatic hydroxyl groups excluding tert-OH is 1. The summed E-state index contributed by atoms with van der Waals surface area (Å²) in [7, 11) is 0. The number of carbonyl (C=O) groups excluding carboxylic acids is 1. The highest BCUT2D eigenvalue weighted by Crippen LogP contribution is 2.31. The van der Waals surface area contributed by atoms with Crippen molar-refractivity contribution in [3.8, 4) is 0 Å². The topological polar surface area (TPSA) is 58.6 Å². The highest BCUT2D eigenvalue weighted by atomic mass is 35.5. The molecule has 0 bridgehead atoms. The molecule has 18 heavy (non-hydrogen) atoms. The molecule has 0 aromatic heterocycles. The summed E-state index contributed by atoms with van der Waals surface area (Å²) in [6.45, 7) is 4.97. The molecular weight excluding hydrogens is 277 g/mol. The second-order valence-corrected chi connectivity index (χ2v) is 5.46. The predicted octanol–water partition coefficient (Wildman–Crippen LogP) is 3.83. The van der Waals surface area contributed by atoms with Crippen LogP contribution in [0.3, 0.4) is 0 Å². The minimum Gasteiger partial charge on any atom is -0.444 e. The van der Waals surface area contributed by atoms with Crippen LogP contribution < -0.4 is 5.32 Å². The zero-order valence-corrected chi connectivity index (χ0v) is 11.9. The van der Waals surface area contributed by atoms with Crippen molar-refractivity contribution < 1.29 is 14.6 Å². The van der Waals surface area contributed by atoms with Crippen molar-refractivity contribution in [1.29, 1.82) is 0 Å². The van der Waals surface area contributed by atoms with Gasteiger partial charge in [-0.1, -0.05) is 23.2 Å². The lowest BCUT2D eigenvalue weighted by atomic mass is 10.2. The molecule has 0 fully saturated rings. The molecule has 0 unspecified atom stereocenters. The number of ether oxygens (including phenoxy) is 1. The summed E-state index contributed by atoms with van der Waals surface area (Å²) < 4.78 is 5.10. The van der Waals surface area contributed by atoms with Crippen LogP contribution in [0.25, 0.3) is 0 Å². The van der Waals surface area contributed by atoms with Crippen molar-refractivity contribution in [2.75, 3.05) is 5.32 Å². The Morgan fingerprint density at radius 3 is 2.50 bits per heavy atom. The Kier molecular flexibility index (Phi) is 4.85. The van der Waals surface area contributed by atoms with Crippen LogP contribution in [0.5, 0.6) is 0 Å². The van der Waals surface area contributed by atoms with Crippen molar-refractivity contribution >= 4 is 35.0 Å². The Hall–Kier alpha value is -0.970. The van der Waals surface area contributed by atoms with Crippen LogP contribution in [0.1, 0.15) is 26.3 Å². The Labute approximate surface area is 116 Å². The molecule has 0 heterocycles. The van der Waals surface area contributed by atoms with Gasteiger partial charge in [0, 0.05) is 10.6 Å². The highest BCUT2D eigenvalue weighted by Gasteiger charge is 2.18. The van der Waals surface area contributed by atoms with E-state index in [0.29, 0.717) is 16.3 Å². The van der Waals surface area contributed by atoms with Gasteiger partial charge in [0.15, 0.2) is 0 Å². The number of carbonyl (C=O) groups is 1. The van der Waals surface area contributed by atoms with Crippen LogP contribution in [0.2, 0.25) is 10.0 Å². The van der Waals surface area contributed by atoms with E-state index in [2.05, 4.69) is 5.32 Å². The largest absolute Gasteiger partial charge is 0.444 e. The van der Waals surface area contributed by atoms with Gasteiger partial charge in [-0.05, 0) is 32.9 Å². The van der Waals surface area contributed by atoms with Crippen LogP contribution in [-0.2, 0) is 11.3 Å². The molecule has 0 aliphatic rings. The minimum atomic E-state index is -0.615. The van der Waals surface area contributed by atoms with E-state index in [0.717, 1.165) is 0 Å². The number of benzene rings is 1. The molecule has 1 aromatic carbocycles. The zero-order chi connectivity index (χ0) is 13.9. The monoisotopic (exact) mass is 291 g/mol. The molecule has 1 rings (SSSR count). The summed E-state index contributed by atoms with van der Waals surface area (Å²) in [5.74, 6) is 0. The first kappa shape index (κ1) is 15.1. The lowest BCUT2D eigenvalue weighted by Crippen LogP contribution is -2.27. The van der Waals surface area contributed by atoms with Gasteiger partial charge in [-0.3, -0.25) is 5.32 Å². The van der Waals surface area contributed by atoms with Gasteiger partial charge >= 0.3 is 6.09 Å². The number of hydrogen-bond acceptors (Lipinski definition) is 3. The lowest BCUT2D eigenvalue weighted by Gasteiger charge is -2.20. The Morgan fingerprint density at radius 2 is 2.00 bits per heavy atom. The molecule has 0 saturated carbocycles. The van der Waals surface area contributed by atoms with Gasteiger partial charge in [0.2, 0.25) is 0 Å². The van der Waals surface area contributed by atoms with E-state index in [9.17, 15) is 4.79 Å². The van der Waals surface area contributed by atoms with Gasteiger partial charge in [-0.25, -0.2) is 4.79 Å². The van der Waals surface area contributed by atoms with E-state index < -0.39 is 11.7 Å². The molecule has 0 saturated heterocycles. The van der Waals surface area contributed by atoms with Crippen molar-refractivity contribution in [3.63, 3.8) is 0 Å². The van der Waals surface area contributed by atoms with E-state index in [1.165, 1.54) is 0 Å². The summed E-state index contributed by atoms with van der Waals surface area (Å²) in [5.41, 5.74) is 0.120. The van der Waals surface area contributed by atoms with E-state index in [4.69, 9.17) is 33.0 Å². The van der Waals surface area contributed by atoms with E-state index >= 15 is 0 Å². The second-order valence-electron chi connectivity index (χ2n) is 4.67. The molecule has 1 amide bonds. The number of rotatable bonds is 2. The average Bonchev–Trinajstić information content (AvgIpc) is 2.20. The summed E-state index contributed by atoms with van der Waals surface area (Å²) in [4.78, 5) is 11.6. The molecule has 0 atom stereocenters. The quantitative estimate of drug-likeness (QED) is 0.870. The van der Waals surface area contributed by atoms with Crippen LogP contribution in [0.4, 0.5) is 10.5 Å². The van der Waals surface area contributed by atoms with Crippen LogP contribution in [0.15, 0.2) is 12.1 Å². The molecule has 1 aromatic rings. The number of halogens is 2. The van der Waals surface area contributed by atoms with Gasteiger partial charge in [-0.2, -0.15) is 0 Å². The number of anilines is 1. The number of hydrogen-bond donors (Lipinski definition) is 2. The maximum Gasteiger partial charge on any atom is 0.412 e. The maximum atomic E-state index is 11.6. The molecule has 6 heteroatoms. The van der Waals surface area contributed by atoms with Gasteiger partial charge in [-0.15, -0.1) is 0 Å². The van der Waals surface area contributed by atoms with Crippen LogP contribution in [-0.4, -0.2) is 16.8 Å². The lowest BCUT2D eigenvalue weighted by molar-refractivity contribution is 0.0636. The summed E-state index contributed by atoms with van der Waals surface area (Å²) in [6.07, 6.45) is -0.615. The normalized spacial score (nSPS) is 11.2. The number of nitrogens with one attached hydrogen (secondary N) is 1. The fourth-order valence-corrected chi connectivity index (χ4v) is 1.79. The smallest absolute Gasteiger partial charge is 0.412 e. The molecule has 2 N–H and O–H groups in total. The molecule has 0 aliphatic carbocycles.